The van der Waals surface area contributed by atoms with Crippen LogP contribution in [0.3, 0.4) is 0 Å². The summed E-state index contributed by atoms with van der Waals surface area (Å²) in [4.78, 5) is 16.6. The lowest BCUT2D eigenvalue weighted by molar-refractivity contribution is 0.0182. The van der Waals surface area contributed by atoms with Gasteiger partial charge in [0.2, 0.25) is 0 Å². The van der Waals surface area contributed by atoms with Crippen LogP contribution in [0.5, 0.6) is 5.75 Å². The Kier molecular flexibility index (Phi) is 7.08. The molecule has 1 heterocycles. The molecule has 1 saturated heterocycles. The number of carbonyl (C=O) groups is 1. The molecule has 1 aliphatic heterocycles. The summed E-state index contributed by atoms with van der Waals surface area (Å²) in [5, 5.41) is 2.94. The minimum absolute atomic E-state index is 0.0161. The zero-order valence-corrected chi connectivity index (χ0v) is 15.9. The Morgan fingerprint density at radius 1 is 1.28 bits per heavy atom. The van der Waals surface area contributed by atoms with Gasteiger partial charge in [-0.3, -0.25) is 4.90 Å². The number of hydrogen-bond donors (Lipinski definition) is 1. The van der Waals surface area contributed by atoms with E-state index in [1.54, 1.807) is 4.90 Å². The molecule has 1 aliphatic rings. The number of urea groups is 1. The van der Waals surface area contributed by atoms with E-state index in [0.29, 0.717) is 13.2 Å². The Morgan fingerprint density at radius 3 is 2.52 bits per heavy atom. The number of ether oxygens (including phenoxy) is 2. The van der Waals surface area contributed by atoms with Crippen molar-refractivity contribution in [1.29, 1.82) is 0 Å². The van der Waals surface area contributed by atoms with E-state index in [9.17, 15) is 4.79 Å². The number of rotatable bonds is 7. The second kappa shape index (κ2) is 9.06. The van der Waals surface area contributed by atoms with Gasteiger partial charge in [0.1, 0.15) is 5.75 Å². The Labute approximate surface area is 151 Å². The summed E-state index contributed by atoms with van der Waals surface area (Å²) < 4.78 is 10.8. The van der Waals surface area contributed by atoms with Crippen LogP contribution >= 0.6 is 0 Å². The first kappa shape index (κ1) is 19.5. The Balaban J connectivity index is 1.83. The summed E-state index contributed by atoms with van der Waals surface area (Å²) in [5.41, 5.74) is 0.786. The highest BCUT2D eigenvalue weighted by Gasteiger charge is 2.26. The molecule has 25 heavy (non-hydrogen) atoms. The molecule has 0 bridgehead atoms. The van der Waals surface area contributed by atoms with Gasteiger partial charge in [-0.05, 0) is 36.6 Å². The average molecular weight is 349 g/mol. The third kappa shape index (κ3) is 6.55. The normalized spacial score (nSPS) is 15.7. The fourth-order valence-corrected chi connectivity index (χ4v) is 3.15. The second-order valence-corrected chi connectivity index (χ2v) is 7.30. The molecule has 0 atom stereocenters. The van der Waals surface area contributed by atoms with Gasteiger partial charge in [-0.25, -0.2) is 4.79 Å². The van der Waals surface area contributed by atoms with Crippen molar-refractivity contribution in [2.24, 2.45) is 5.41 Å². The van der Waals surface area contributed by atoms with Gasteiger partial charge in [-0.15, -0.1) is 0 Å². The highest BCUT2D eigenvalue weighted by Crippen LogP contribution is 2.20. The fraction of sp³-hybridized carbons (Fsp3) is 0.632. The van der Waals surface area contributed by atoms with Crippen molar-refractivity contribution in [2.45, 2.75) is 20.8 Å². The van der Waals surface area contributed by atoms with Crippen LogP contribution in [0, 0.1) is 5.41 Å². The predicted octanol–water partition coefficient (Wildman–Crippen LogP) is 2.91. The highest BCUT2D eigenvalue weighted by atomic mass is 16.5. The van der Waals surface area contributed by atoms with Gasteiger partial charge in [-0.1, -0.05) is 13.8 Å². The van der Waals surface area contributed by atoms with E-state index in [-0.39, 0.29) is 11.4 Å². The number of nitrogens with one attached hydrogen (secondary N) is 1. The monoisotopic (exact) mass is 349 g/mol. The predicted molar refractivity (Wildman–Crippen MR) is 100 cm³/mol. The van der Waals surface area contributed by atoms with Crippen molar-refractivity contribution in [3.05, 3.63) is 24.3 Å². The molecular weight excluding hydrogens is 318 g/mol. The number of morpholine rings is 1. The molecule has 1 N–H and O–H groups in total. The van der Waals surface area contributed by atoms with E-state index in [0.717, 1.165) is 44.3 Å². The Bertz CT molecular complexity index is 539. The molecule has 0 radical (unpaired) electrons. The SMILES string of the molecule is CCOc1ccc(NC(=O)N(C)CC(C)(C)CN2CCOCC2)cc1. The summed E-state index contributed by atoms with van der Waals surface area (Å²) in [6, 6.07) is 7.34. The van der Waals surface area contributed by atoms with Crippen molar-refractivity contribution in [3.8, 4) is 5.75 Å². The van der Waals surface area contributed by atoms with Gasteiger partial charge < -0.3 is 19.7 Å². The van der Waals surface area contributed by atoms with Gasteiger partial charge in [0.15, 0.2) is 0 Å². The smallest absolute Gasteiger partial charge is 0.321 e. The summed E-state index contributed by atoms with van der Waals surface area (Å²) in [5.74, 6) is 0.806. The molecule has 1 fully saturated rings. The number of anilines is 1. The molecule has 140 valence electrons. The molecule has 0 unspecified atom stereocenters. The van der Waals surface area contributed by atoms with Gasteiger partial charge in [-0.2, -0.15) is 0 Å². The average Bonchev–Trinajstić information content (AvgIpc) is 2.57. The first-order valence-corrected chi connectivity index (χ1v) is 8.95. The second-order valence-electron chi connectivity index (χ2n) is 7.30. The van der Waals surface area contributed by atoms with Gasteiger partial charge in [0, 0.05) is 38.9 Å². The van der Waals surface area contributed by atoms with Crippen LogP contribution < -0.4 is 10.1 Å². The molecule has 2 amide bonds. The minimum Gasteiger partial charge on any atom is -0.494 e. The lowest BCUT2D eigenvalue weighted by Crippen LogP contribution is -2.47. The fourth-order valence-electron chi connectivity index (χ4n) is 3.15. The van der Waals surface area contributed by atoms with Crippen LogP contribution in [-0.4, -0.2) is 68.9 Å². The number of benzene rings is 1. The largest absolute Gasteiger partial charge is 0.494 e. The number of carbonyl (C=O) groups excluding carboxylic acids is 1. The van der Waals surface area contributed by atoms with Crippen LogP contribution in [-0.2, 0) is 4.74 Å². The summed E-state index contributed by atoms with van der Waals surface area (Å²) in [6.07, 6.45) is 0. The van der Waals surface area contributed by atoms with Crippen molar-refractivity contribution in [2.75, 3.05) is 58.4 Å². The van der Waals surface area contributed by atoms with E-state index in [1.165, 1.54) is 0 Å². The molecule has 0 aliphatic carbocycles. The van der Waals surface area contributed by atoms with Crippen LogP contribution in [0.1, 0.15) is 20.8 Å². The third-order valence-electron chi connectivity index (χ3n) is 4.18. The molecular formula is C19H31N3O3. The maximum atomic E-state index is 12.4. The molecule has 2 rings (SSSR count). The van der Waals surface area contributed by atoms with E-state index in [2.05, 4.69) is 24.1 Å². The molecule has 0 spiro atoms. The van der Waals surface area contributed by atoms with Gasteiger partial charge >= 0.3 is 6.03 Å². The maximum Gasteiger partial charge on any atom is 0.321 e. The maximum absolute atomic E-state index is 12.4. The first-order chi connectivity index (χ1) is 11.9. The third-order valence-corrected chi connectivity index (χ3v) is 4.18. The lowest BCUT2D eigenvalue weighted by Gasteiger charge is -2.37. The summed E-state index contributed by atoms with van der Waals surface area (Å²) >= 11 is 0. The minimum atomic E-state index is -0.0980. The van der Waals surface area contributed by atoms with E-state index < -0.39 is 0 Å². The molecule has 1 aromatic carbocycles. The Morgan fingerprint density at radius 2 is 1.92 bits per heavy atom. The summed E-state index contributed by atoms with van der Waals surface area (Å²) in [7, 11) is 1.84. The number of hydrogen-bond acceptors (Lipinski definition) is 4. The van der Waals surface area contributed by atoms with Crippen molar-refractivity contribution in [3.63, 3.8) is 0 Å². The van der Waals surface area contributed by atoms with Crippen LogP contribution in [0.25, 0.3) is 0 Å². The zero-order valence-electron chi connectivity index (χ0n) is 15.9. The first-order valence-electron chi connectivity index (χ1n) is 8.95. The topological polar surface area (TPSA) is 54.0 Å². The Hall–Kier alpha value is -1.79. The van der Waals surface area contributed by atoms with Gasteiger partial charge in [0.25, 0.3) is 0 Å². The van der Waals surface area contributed by atoms with E-state index in [1.807, 2.05) is 38.2 Å². The number of nitrogens with zero attached hydrogens (tertiary/aromatic N) is 2. The molecule has 0 saturated carbocycles. The quantitative estimate of drug-likeness (QED) is 0.822. The van der Waals surface area contributed by atoms with Crippen molar-refractivity contribution in [1.82, 2.24) is 9.80 Å². The van der Waals surface area contributed by atoms with Crippen LogP contribution in [0.15, 0.2) is 24.3 Å². The summed E-state index contributed by atoms with van der Waals surface area (Å²) in [6.45, 7) is 12.1. The highest BCUT2D eigenvalue weighted by molar-refractivity contribution is 5.89. The van der Waals surface area contributed by atoms with Gasteiger partial charge in [0.05, 0.1) is 19.8 Å². The van der Waals surface area contributed by atoms with Crippen LogP contribution in [0.2, 0.25) is 0 Å². The van der Waals surface area contributed by atoms with Crippen molar-refractivity contribution < 1.29 is 14.3 Å². The number of amides is 2. The lowest BCUT2D eigenvalue weighted by atomic mass is 9.92. The molecule has 6 heteroatoms. The van der Waals surface area contributed by atoms with E-state index >= 15 is 0 Å². The molecule has 1 aromatic rings. The van der Waals surface area contributed by atoms with E-state index in [4.69, 9.17) is 9.47 Å². The molecule has 6 nitrogen and oxygen atoms in total. The standard InChI is InChI=1S/C19H31N3O3/c1-5-25-17-8-6-16(7-9-17)20-18(23)21(4)14-19(2,3)15-22-10-12-24-13-11-22/h6-9H,5,10-15H2,1-4H3,(H,20,23). The van der Waals surface area contributed by atoms with Crippen molar-refractivity contribution >= 4 is 11.7 Å². The molecule has 0 aromatic heterocycles. The van der Waals surface area contributed by atoms with Crippen LogP contribution in [0.4, 0.5) is 10.5 Å². The zero-order chi connectivity index (χ0) is 18.3.